The van der Waals surface area contributed by atoms with E-state index in [2.05, 4.69) is 89.8 Å². The van der Waals surface area contributed by atoms with Crippen LogP contribution in [0.4, 0.5) is 17.1 Å². The summed E-state index contributed by atoms with van der Waals surface area (Å²) in [5, 5.41) is 0. The SMILES string of the molecule is c1ccc(-c2c3nccnc3c(-c3ccc(N4c5ccccc5Sc5ccccc54)cc3)c3nccnc23)cc1. The minimum absolute atomic E-state index is 0.812. The quantitative estimate of drug-likeness (QED) is 0.212. The monoisotopic (exact) mass is 531 g/mol. The molecule has 1 aliphatic heterocycles. The molecule has 5 nitrogen and oxygen atoms in total. The second-order valence-corrected chi connectivity index (χ2v) is 10.6. The maximum Gasteiger partial charge on any atom is 0.0994 e. The lowest BCUT2D eigenvalue weighted by molar-refractivity contribution is 1.17. The van der Waals surface area contributed by atoms with Crippen LogP contribution in [0, 0.1) is 0 Å². The number of benzene rings is 5. The molecule has 0 radical (unpaired) electrons. The summed E-state index contributed by atoms with van der Waals surface area (Å²) in [6.45, 7) is 0. The first kappa shape index (κ1) is 22.9. The number of fused-ring (bicyclic) bond motifs is 4. The van der Waals surface area contributed by atoms with Crippen molar-refractivity contribution in [2.75, 3.05) is 4.90 Å². The van der Waals surface area contributed by atoms with Gasteiger partial charge >= 0.3 is 0 Å². The van der Waals surface area contributed by atoms with Crippen molar-refractivity contribution in [3.05, 3.63) is 128 Å². The Morgan fingerprint density at radius 2 is 0.850 bits per heavy atom. The standard InChI is InChI=1S/C34H21N5S/c1-2-8-22(9-3-1)29-31-33(37-20-18-35-31)30(34-32(29)36-19-21-38-34)23-14-16-24(17-15-23)39-25-10-4-6-12-27(25)40-28-13-7-5-11-26(28)39/h1-21H. The molecule has 7 aromatic rings. The van der Waals surface area contributed by atoms with Crippen LogP contribution in [0.2, 0.25) is 0 Å². The van der Waals surface area contributed by atoms with Gasteiger partial charge in [0.05, 0.1) is 33.4 Å². The van der Waals surface area contributed by atoms with Crippen LogP contribution >= 0.6 is 11.8 Å². The van der Waals surface area contributed by atoms with Gasteiger partial charge in [0.2, 0.25) is 0 Å². The van der Waals surface area contributed by atoms with E-state index < -0.39 is 0 Å². The number of nitrogens with zero attached hydrogens (tertiary/aromatic N) is 5. The average Bonchev–Trinajstić information content (AvgIpc) is 3.03. The van der Waals surface area contributed by atoms with Crippen LogP contribution in [0.1, 0.15) is 0 Å². The number of para-hydroxylation sites is 2. The molecule has 8 rings (SSSR count). The smallest absolute Gasteiger partial charge is 0.0994 e. The summed E-state index contributed by atoms with van der Waals surface area (Å²) in [6, 6.07) is 36.0. The summed E-state index contributed by atoms with van der Waals surface area (Å²) in [6.07, 6.45) is 6.98. The number of aromatic nitrogens is 4. The van der Waals surface area contributed by atoms with E-state index in [4.69, 9.17) is 19.9 Å². The zero-order chi connectivity index (χ0) is 26.5. The van der Waals surface area contributed by atoms with Crippen molar-refractivity contribution in [2.24, 2.45) is 0 Å². The molecule has 188 valence electrons. The van der Waals surface area contributed by atoms with E-state index in [1.54, 1.807) is 24.8 Å². The fourth-order valence-electron chi connectivity index (χ4n) is 5.54. The Labute approximate surface area is 235 Å². The van der Waals surface area contributed by atoms with Gasteiger partial charge in [0.15, 0.2) is 0 Å². The van der Waals surface area contributed by atoms with Crippen LogP contribution in [0.5, 0.6) is 0 Å². The molecule has 0 saturated heterocycles. The zero-order valence-electron chi connectivity index (χ0n) is 21.3. The summed E-state index contributed by atoms with van der Waals surface area (Å²) in [5.41, 5.74) is 10.7. The maximum atomic E-state index is 4.82. The van der Waals surface area contributed by atoms with Crippen molar-refractivity contribution in [1.82, 2.24) is 19.9 Å². The molecule has 40 heavy (non-hydrogen) atoms. The Balaban J connectivity index is 1.33. The summed E-state index contributed by atoms with van der Waals surface area (Å²) in [4.78, 5) is 24.0. The van der Waals surface area contributed by atoms with E-state index in [1.165, 1.54) is 21.2 Å². The molecule has 0 fully saturated rings. The molecule has 1 aliphatic rings. The minimum atomic E-state index is 0.812. The van der Waals surface area contributed by atoms with Gasteiger partial charge < -0.3 is 4.90 Å². The fourth-order valence-corrected chi connectivity index (χ4v) is 6.60. The molecule has 3 heterocycles. The van der Waals surface area contributed by atoms with E-state index in [-0.39, 0.29) is 0 Å². The first-order chi connectivity index (χ1) is 19.9. The Bertz CT molecular complexity index is 1940. The third-order valence-electron chi connectivity index (χ3n) is 7.25. The Morgan fingerprint density at radius 3 is 1.35 bits per heavy atom. The van der Waals surface area contributed by atoms with Crippen LogP contribution in [0.25, 0.3) is 44.3 Å². The van der Waals surface area contributed by atoms with Crippen LogP contribution in [-0.4, -0.2) is 19.9 Å². The largest absolute Gasteiger partial charge is 0.308 e. The van der Waals surface area contributed by atoms with E-state index in [0.717, 1.165) is 50.0 Å². The highest BCUT2D eigenvalue weighted by Crippen LogP contribution is 2.51. The minimum Gasteiger partial charge on any atom is -0.308 e. The molecule has 0 N–H and O–H groups in total. The van der Waals surface area contributed by atoms with Crippen LogP contribution < -0.4 is 4.90 Å². The molecule has 0 atom stereocenters. The third kappa shape index (κ3) is 3.57. The second-order valence-electron chi connectivity index (χ2n) is 9.54. The number of anilines is 3. The lowest BCUT2D eigenvalue weighted by Crippen LogP contribution is -2.14. The predicted molar refractivity (Wildman–Crippen MR) is 162 cm³/mol. The van der Waals surface area contributed by atoms with Gasteiger partial charge in [0, 0.05) is 51.4 Å². The van der Waals surface area contributed by atoms with E-state index in [9.17, 15) is 0 Å². The van der Waals surface area contributed by atoms with E-state index in [1.807, 2.05) is 30.0 Å². The van der Waals surface area contributed by atoms with E-state index >= 15 is 0 Å². The first-order valence-electron chi connectivity index (χ1n) is 13.1. The van der Waals surface area contributed by atoms with Crippen molar-refractivity contribution >= 4 is 50.9 Å². The highest BCUT2D eigenvalue weighted by molar-refractivity contribution is 7.99. The summed E-state index contributed by atoms with van der Waals surface area (Å²) < 4.78 is 0. The molecular weight excluding hydrogens is 510 g/mol. The number of hydrogen-bond donors (Lipinski definition) is 0. The summed E-state index contributed by atoms with van der Waals surface area (Å²) in [5.74, 6) is 0. The molecule has 0 amide bonds. The molecule has 0 saturated carbocycles. The molecule has 0 spiro atoms. The predicted octanol–water partition coefficient (Wildman–Crippen LogP) is 8.84. The lowest BCUT2D eigenvalue weighted by atomic mass is 9.94. The first-order valence-corrected chi connectivity index (χ1v) is 13.9. The van der Waals surface area contributed by atoms with Crippen molar-refractivity contribution in [3.8, 4) is 22.3 Å². The Kier molecular flexibility index (Phi) is 5.31. The maximum absolute atomic E-state index is 4.82. The fraction of sp³-hybridized carbons (Fsp3) is 0. The Morgan fingerprint density at radius 1 is 0.425 bits per heavy atom. The summed E-state index contributed by atoms with van der Waals surface area (Å²) >= 11 is 1.81. The van der Waals surface area contributed by atoms with Crippen molar-refractivity contribution < 1.29 is 0 Å². The van der Waals surface area contributed by atoms with Gasteiger partial charge in [0.1, 0.15) is 0 Å². The normalized spacial score (nSPS) is 12.3. The molecule has 6 heteroatoms. The topological polar surface area (TPSA) is 54.8 Å². The van der Waals surface area contributed by atoms with Gasteiger partial charge in [-0.15, -0.1) is 0 Å². The van der Waals surface area contributed by atoms with Gasteiger partial charge in [-0.05, 0) is 47.5 Å². The second kappa shape index (κ2) is 9.29. The summed E-state index contributed by atoms with van der Waals surface area (Å²) in [7, 11) is 0. The van der Waals surface area contributed by atoms with Crippen LogP contribution in [0.3, 0.4) is 0 Å². The van der Waals surface area contributed by atoms with Crippen molar-refractivity contribution in [3.63, 3.8) is 0 Å². The van der Waals surface area contributed by atoms with Crippen molar-refractivity contribution in [2.45, 2.75) is 9.79 Å². The van der Waals surface area contributed by atoms with Gasteiger partial charge in [0.25, 0.3) is 0 Å². The average molecular weight is 532 g/mol. The van der Waals surface area contributed by atoms with Gasteiger partial charge in [-0.25, -0.2) is 0 Å². The van der Waals surface area contributed by atoms with Crippen molar-refractivity contribution in [1.29, 1.82) is 0 Å². The number of hydrogen-bond acceptors (Lipinski definition) is 6. The molecule has 0 aliphatic carbocycles. The van der Waals surface area contributed by atoms with E-state index in [0.29, 0.717) is 0 Å². The van der Waals surface area contributed by atoms with Gasteiger partial charge in [-0.1, -0.05) is 78.5 Å². The van der Waals surface area contributed by atoms with Crippen LogP contribution in [0.15, 0.2) is 138 Å². The van der Waals surface area contributed by atoms with Crippen LogP contribution in [-0.2, 0) is 0 Å². The lowest BCUT2D eigenvalue weighted by Gasteiger charge is -2.32. The number of rotatable bonds is 3. The zero-order valence-corrected chi connectivity index (χ0v) is 22.1. The molecule has 0 unspecified atom stereocenters. The molecule has 0 bridgehead atoms. The Hall–Kier alpha value is -5.07. The third-order valence-corrected chi connectivity index (χ3v) is 8.38. The molecular formula is C34H21N5S. The van der Waals surface area contributed by atoms with Gasteiger partial charge in [-0.2, -0.15) is 0 Å². The molecule has 2 aromatic heterocycles. The van der Waals surface area contributed by atoms with Gasteiger partial charge in [-0.3, -0.25) is 19.9 Å². The highest BCUT2D eigenvalue weighted by atomic mass is 32.2. The molecule has 5 aromatic carbocycles. The highest BCUT2D eigenvalue weighted by Gasteiger charge is 2.25.